The molecule has 1 heterocycles. The van der Waals surface area contributed by atoms with Crippen molar-refractivity contribution in [3.8, 4) is 0 Å². The second-order valence-electron chi connectivity index (χ2n) is 4.18. The van der Waals surface area contributed by atoms with Crippen LogP contribution < -0.4 is 11.1 Å². The number of hydrogen-bond donors (Lipinski definition) is 2. The number of nitrogens with two attached hydrogens (primary N) is 1. The predicted octanol–water partition coefficient (Wildman–Crippen LogP) is 2.13. The van der Waals surface area contributed by atoms with Gasteiger partial charge in [0.2, 0.25) is 0 Å². The van der Waals surface area contributed by atoms with Gasteiger partial charge in [-0.15, -0.1) is 0 Å². The van der Waals surface area contributed by atoms with Gasteiger partial charge in [0.15, 0.2) is 0 Å². The molecule has 0 aliphatic rings. The summed E-state index contributed by atoms with van der Waals surface area (Å²) in [5.74, 6) is -0.585. The molecule has 0 saturated carbocycles. The van der Waals surface area contributed by atoms with Gasteiger partial charge >= 0.3 is 0 Å². The Morgan fingerprint density at radius 3 is 2.80 bits per heavy atom. The fraction of sp³-hybridized carbons (Fsp3) is 0.0769. The number of anilines is 2. The number of carbonyl (C=O) groups excluding carboxylic acids is 1. The summed E-state index contributed by atoms with van der Waals surface area (Å²) >= 11 is 0. The first kappa shape index (κ1) is 13.5. The van der Waals surface area contributed by atoms with Crippen LogP contribution in [0.25, 0.3) is 0 Å². The first-order valence-corrected chi connectivity index (χ1v) is 5.75. The lowest BCUT2D eigenvalue weighted by atomic mass is 10.1. The number of aromatic nitrogens is 1. The molecule has 0 aliphatic heterocycles. The fourth-order valence-corrected chi connectivity index (χ4v) is 1.70. The maximum Gasteiger partial charge on any atom is 0.282 e. The molecule has 2 aromatic rings. The number of benzene rings is 1. The number of nitro benzene ring substituents is 1. The summed E-state index contributed by atoms with van der Waals surface area (Å²) in [4.78, 5) is 26.4. The highest BCUT2D eigenvalue weighted by Crippen LogP contribution is 2.23. The molecule has 7 heteroatoms. The van der Waals surface area contributed by atoms with Gasteiger partial charge in [0, 0.05) is 29.8 Å². The van der Waals surface area contributed by atoms with Gasteiger partial charge < -0.3 is 11.1 Å². The lowest BCUT2D eigenvalue weighted by Gasteiger charge is -2.08. The Hall–Kier alpha value is -2.96. The second-order valence-corrected chi connectivity index (χ2v) is 4.18. The quantitative estimate of drug-likeness (QED) is 0.505. The van der Waals surface area contributed by atoms with Gasteiger partial charge in [0.25, 0.3) is 11.6 Å². The van der Waals surface area contributed by atoms with Crippen LogP contribution in [-0.2, 0) is 0 Å². The van der Waals surface area contributed by atoms with E-state index in [1.165, 1.54) is 24.4 Å². The number of nitrogen functional groups attached to an aromatic ring is 1. The van der Waals surface area contributed by atoms with Crippen molar-refractivity contribution in [2.45, 2.75) is 6.92 Å². The molecule has 0 aliphatic carbocycles. The van der Waals surface area contributed by atoms with Crippen LogP contribution in [-0.4, -0.2) is 15.8 Å². The number of nitrogens with one attached hydrogen (secondary N) is 1. The van der Waals surface area contributed by atoms with E-state index in [1.807, 2.05) is 0 Å². The highest BCUT2D eigenvalue weighted by atomic mass is 16.6. The zero-order valence-corrected chi connectivity index (χ0v) is 10.7. The van der Waals surface area contributed by atoms with Crippen LogP contribution in [0.4, 0.5) is 17.1 Å². The topological polar surface area (TPSA) is 111 Å². The van der Waals surface area contributed by atoms with Crippen molar-refractivity contribution >= 4 is 23.0 Å². The van der Waals surface area contributed by atoms with E-state index in [0.29, 0.717) is 5.69 Å². The minimum atomic E-state index is -0.617. The number of amides is 1. The Labute approximate surface area is 114 Å². The summed E-state index contributed by atoms with van der Waals surface area (Å²) in [7, 11) is 0. The number of nitrogens with zero attached hydrogens (tertiary/aromatic N) is 2. The van der Waals surface area contributed by atoms with Crippen molar-refractivity contribution in [1.82, 2.24) is 4.98 Å². The van der Waals surface area contributed by atoms with E-state index in [4.69, 9.17) is 5.73 Å². The van der Waals surface area contributed by atoms with E-state index >= 15 is 0 Å². The lowest BCUT2D eigenvalue weighted by molar-refractivity contribution is -0.385. The molecule has 0 atom stereocenters. The minimum absolute atomic E-state index is 0.0776. The van der Waals surface area contributed by atoms with Crippen LogP contribution in [0.2, 0.25) is 0 Å². The largest absolute Gasteiger partial charge is 0.399 e. The molecule has 0 radical (unpaired) electrons. The summed E-state index contributed by atoms with van der Waals surface area (Å²) in [5, 5.41) is 13.5. The van der Waals surface area contributed by atoms with Crippen molar-refractivity contribution < 1.29 is 9.72 Å². The third kappa shape index (κ3) is 2.72. The van der Waals surface area contributed by atoms with Crippen molar-refractivity contribution in [3.05, 3.63) is 57.9 Å². The normalized spacial score (nSPS) is 10.1. The van der Waals surface area contributed by atoms with Crippen molar-refractivity contribution in [3.63, 3.8) is 0 Å². The van der Waals surface area contributed by atoms with E-state index in [2.05, 4.69) is 10.3 Å². The smallest absolute Gasteiger partial charge is 0.282 e. The predicted molar refractivity (Wildman–Crippen MR) is 74.4 cm³/mol. The average molecular weight is 272 g/mol. The molecule has 102 valence electrons. The summed E-state index contributed by atoms with van der Waals surface area (Å²) in [6.45, 7) is 1.77. The molecule has 0 bridgehead atoms. The van der Waals surface area contributed by atoms with Gasteiger partial charge in [0.1, 0.15) is 5.56 Å². The number of carbonyl (C=O) groups is 1. The standard InChI is InChI=1S/C13H12N4O3/c1-8-7-15-5-4-11(8)16-13(18)10-6-9(14)2-3-12(10)17(19)20/h2-7H,14H2,1H3,(H,15,16,18). The first-order valence-electron chi connectivity index (χ1n) is 5.75. The van der Waals surface area contributed by atoms with E-state index in [-0.39, 0.29) is 16.9 Å². The van der Waals surface area contributed by atoms with E-state index < -0.39 is 10.8 Å². The number of pyridine rings is 1. The Morgan fingerprint density at radius 2 is 2.15 bits per heavy atom. The van der Waals surface area contributed by atoms with Gasteiger partial charge in [-0.2, -0.15) is 0 Å². The maximum absolute atomic E-state index is 12.2. The number of nitro groups is 1. The highest BCUT2D eigenvalue weighted by Gasteiger charge is 2.20. The zero-order chi connectivity index (χ0) is 14.7. The maximum atomic E-state index is 12.2. The molecule has 2 rings (SSSR count). The molecule has 1 aromatic heterocycles. The van der Waals surface area contributed by atoms with Crippen LogP contribution in [0, 0.1) is 17.0 Å². The molecular weight excluding hydrogens is 260 g/mol. The zero-order valence-electron chi connectivity index (χ0n) is 10.7. The molecule has 20 heavy (non-hydrogen) atoms. The summed E-state index contributed by atoms with van der Waals surface area (Å²) < 4.78 is 0. The first-order chi connectivity index (χ1) is 9.49. The molecule has 1 aromatic carbocycles. The van der Waals surface area contributed by atoms with Gasteiger partial charge in [-0.25, -0.2) is 0 Å². The van der Waals surface area contributed by atoms with Crippen LogP contribution in [0.15, 0.2) is 36.7 Å². The SMILES string of the molecule is Cc1cnccc1NC(=O)c1cc(N)ccc1[N+](=O)[O-]. The molecule has 7 nitrogen and oxygen atoms in total. The number of rotatable bonds is 3. The number of aryl methyl sites for hydroxylation is 1. The van der Waals surface area contributed by atoms with Crippen LogP contribution >= 0.6 is 0 Å². The van der Waals surface area contributed by atoms with Gasteiger partial charge in [-0.05, 0) is 30.7 Å². The lowest BCUT2D eigenvalue weighted by Crippen LogP contribution is -2.15. The van der Waals surface area contributed by atoms with Crippen molar-refractivity contribution in [1.29, 1.82) is 0 Å². The molecular formula is C13H12N4O3. The van der Waals surface area contributed by atoms with Crippen molar-refractivity contribution in [2.24, 2.45) is 0 Å². The molecule has 0 spiro atoms. The van der Waals surface area contributed by atoms with E-state index in [1.54, 1.807) is 19.2 Å². The van der Waals surface area contributed by atoms with Gasteiger partial charge in [-0.1, -0.05) is 0 Å². The average Bonchev–Trinajstić information content (AvgIpc) is 2.40. The molecule has 3 N–H and O–H groups in total. The highest BCUT2D eigenvalue weighted by molar-refractivity contribution is 6.07. The van der Waals surface area contributed by atoms with Crippen LogP contribution in [0.5, 0.6) is 0 Å². The Bertz CT molecular complexity index is 685. The minimum Gasteiger partial charge on any atom is -0.399 e. The van der Waals surface area contributed by atoms with Gasteiger partial charge in [0.05, 0.1) is 4.92 Å². The molecule has 0 fully saturated rings. The number of hydrogen-bond acceptors (Lipinski definition) is 5. The Morgan fingerprint density at radius 1 is 1.40 bits per heavy atom. The molecule has 0 unspecified atom stereocenters. The Kier molecular flexibility index (Phi) is 3.60. The van der Waals surface area contributed by atoms with E-state index in [9.17, 15) is 14.9 Å². The third-order valence-electron chi connectivity index (χ3n) is 2.73. The summed E-state index contributed by atoms with van der Waals surface area (Å²) in [5.41, 5.74) is 6.79. The van der Waals surface area contributed by atoms with Crippen LogP contribution in [0.1, 0.15) is 15.9 Å². The van der Waals surface area contributed by atoms with Crippen LogP contribution in [0.3, 0.4) is 0 Å². The monoisotopic (exact) mass is 272 g/mol. The summed E-state index contributed by atoms with van der Waals surface area (Å²) in [6.07, 6.45) is 3.11. The molecule has 0 saturated heterocycles. The fourth-order valence-electron chi connectivity index (χ4n) is 1.70. The second kappa shape index (κ2) is 5.35. The third-order valence-corrected chi connectivity index (χ3v) is 2.73. The van der Waals surface area contributed by atoms with Crippen molar-refractivity contribution in [2.75, 3.05) is 11.1 Å². The van der Waals surface area contributed by atoms with Gasteiger partial charge in [-0.3, -0.25) is 19.9 Å². The Balaban J connectivity index is 2.37. The van der Waals surface area contributed by atoms with E-state index in [0.717, 1.165) is 5.56 Å². The summed E-state index contributed by atoms with van der Waals surface area (Å²) in [6, 6.07) is 5.49. The molecule has 1 amide bonds.